The van der Waals surface area contributed by atoms with Crippen LogP contribution in [0.25, 0.3) is 75.4 Å². The predicted molar refractivity (Wildman–Crippen MR) is 209 cm³/mol. The number of rotatable bonds is 4. The molecule has 0 aliphatic heterocycles. The molecule has 0 N–H and O–H groups in total. The van der Waals surface area contributed by atoms with E-state index in [2.05, 4.69) is 160 Å². The van der Waals surface area contributed by atoms with Gasteiger partial charge in [-0.05, 0) is 146 Å². The Morgan fingerprint density at radius 3 is 1.23 bits per heavy atom. The standard InChI is InChI=1S/C48H36/c1-48(2,3)33-25-42-39-24-32(22-30-13-8-5-9-14-30)18-20-35(39)45-27-40-37-16-10-15-36-38-23-31(21-29-11-6-4-7-12-29)17-19-34(38)44(46(36)37)28-41(40)43(26-33)47(42)45/h4-20,23-28H,21-22H2,1-3H3. The molecule has 0 saturated heterocycles. The first-order chi connectivity index (χ1) is 23.4. The summed E-state index contributed by atoms with van der Waals surface area (Å²) in [5, 5.41) is 19.2. The summed E-state index contributed by atoms with van der Waals surface area (Å²) in [5.41, 5.74) is 6.84. The second-order valence-electron chi connectivity index (χ2n) is 15.0. The second kappa shape index (κ2) is 10.0. The Kier molecular flexibility index (Phi) is 5.77. The third-order valence-corrected chi connectivity index (χ3v) is 10.9. The molecule has 0 atom stereocenters. The van der Waals surface area contributed by atoms with Crippen LogP contribution in [-0.4, -0.2) is 0 Å². The number of fused-ring (bicyclic) bond motifs is 9. The first kappa shape index (κ1) is 27.6. The Labute approximate surface area is 280 Å². The van der Waals surface area contributed by atoms with Gasteiger partial charge in [0.25, 0.3) is 0 Å². The lowest BCUT2D eigenvalue weighted by molar-refractivity contribution is 0.592. The molecule has 0 fully saturated rings. The molecule has 0 aromatic heterocycles. The molecule has 0 aliphatic rings. The van der Waals surface area contributed by atoms with Gasteiger partial charge in [-0.15, -0.1) is 0 Å². The maximum atomic E-state index is 2.52. The van der Waals surface area contributed by atoms with Crippen LogP contribution in [0.1, 0.15) is 48.6 Å². The summed E-state index contributed by atoms with van der Waals surface area (Å²) in [6, 6.07) is 53.0. The second-order valence-corrected chi connectivity index (χ2v) is 15.0. The van der Waals surface area contributed by atoms with Crippen LogP contribution in [0.15, 0.2) is 140 Å². The third kappa shape index (κ3) is 4.09. The van der Waals surface area contributed by atoms with Gasteiger partial charge < -0.3 is 0 Å². The molecule has 10 rings (SSSR count). The first-order valence-electron chi connectivity index (χ1n) is 17.3. The molecule has 0 heterocycles. The zero-order valence-electron chi connectivity index (χ0n) is 27.7. The van der Waals surface area contributed by atoms with E-state index in [-0.39, 0.29) is 5.41 Å². The summed E-state index contributed by atoms with van der Waals surface area (Å²) < 4.78 is 0. The molecule has 48 heavy (non-hydrogen) atoms. The fourth-order valence-corrected chi connectivity index (χ4v) is 8.52. The monoisotopic (exact) mass is 612 g/mol. The van der Waals surface area contributed by atoms with Crippen LogP contribution in [0, 0.1) is 0 Å². The average Bonchev–Trinajstić information content (AvgIpc) is 3.58. The molecule has 10 aromatic carbocycles. The molecule has 228 valence electrons. The van der Waals surface area contributed by atoms with Crippen molar-refractivity contribution >= 4 is 75.4 Å². The van der Waals surface area contributed by atoms with E-state index >= 15 is 0 Å². The molecule has 0 radical (unpaired) electrons. The van der Waals surface area contributed by atoms with Crippen molar-refractivity contribution in [2.75, 3.05) is 0 Å². The number of hydrogen-bond donors (Lipinski definition) is 0. The molecule has 0 bridgehead atoms. The smallest absolute Gasteiger partial charge is 0.00197 e. The van der Waals surface area contributed by atoms with E-state index in [4.69, 9.17) is 0 Å². The topological polar surface area (TPSA) is 0 Å². The van der Waals surface area contributed by atoms with Gasteiger partial charge in [0.05, 0.1) is 0 Å². The molecule has 10 aromatic rings. The van der Waals surface area contributed by atoms with Crippen molar-refractivity contribution in [3.05, 3.63) is 167 Å². The summed E-state index contributed by atoms with van der Waals surface area (Å²) >= 11 is 0. The molecule has 0 nitrogen and oxygen atoms in total. The van der Waals surface area contributed by atoms with E-state index in [1.807, 2.05) is 0 Å². The van der Waals surface area contributed by atoms with E-state index < -0.39 is 0 Å². The van der Waals surface area contributed by atoms with E-state index in [1.165, 1.54) is 103 Å². The maximum absolute atomic E-state index is 2.52. The Morgan fingerprint density at radius 1 is 0.312 bits per heavy atom. The van der Waals surface area contributed by atoms with Gasteiger partial charge in [0.15, 0.2) is 0 Å². The van der Waals surface area contributed by atoms with Crippen LogP contribution in [0.2, 0.25) is 0 Å². The molecule has 0 spiro atoms. The van der Waals surface area contributed by atoms with Gasteiger partial charge in [-0.25, -0.2) is 0 Å². The van der Waals surface area contributed by atoms with Gasteiger partial charge in [0.1, 0.15) is 0 Å². The minimum absolute atomic E-state index is 0.0278. The molecular weight excluding hydrogens is 577 g/mol. The number of hydrogen-bond acceptors (Lipinski definition) is 0. The van der Waals surface area contributed by atoms with Crippen LogP contribution < -0.4 is 0 Å². The highest BCUT2D eigenvalue weighted by molar-refractivity contribution is 6.41. The fourth-order valence-electron chi connectivity index (χ4n) is 8.52. The SMILES string of the molecule is CC(C)(C)c1cc2c3cc(Cc4ccccc4)ccc3c3cc4c(cc5c6ccc(Cc7ccccc7)cc6c6cccc4c65)c(c1)c23. The number of benzene rings is 8. The van der Waals surface area contributed by atoms with Crippen LogP contribution in [-0.2, 0) is 18.3 Å². The Bertz CT molecular complexity index is 2830. The molecule has 0 saturated carbocycles. The molecule has 0 aliphatic carbocycles. The van der Waals surface area contributed by atoms with Crippen molar-refractivity contribution in [2.45, 2.75) is 39.0 Å². The lowest BCUT2D eigenvalue weighted by atomic mass is 9.83. The van der Waals surface area contributed by atoms with Crippen LogP contribution >= 0.6 is 0 Å². The van der Waals surface area contributed by atoms with E-state index in [9.17, 15) is 0 Å². The van der Waals surface area contributed by atoms with Crippen LogP contribution in [0.3, 0.4) is 0 Å². The molecule has 0 amide bonds. The quantitative estimate of drug-likeness (QED) is 0.173. The fraction of sp³-hybridized carbons (Fsp3) is 0.125. The summed E-state index contributed by atoms with van der Waals surface area (Å²) in [4.78, 5) is 0. The van der Waals surface area contributed by atoms with Gasteiger partial charge in [0.2, 0.25) is 0 Å². The summed E-state index contributed by atoms with van der Waals surface area (Å²) in [6.45, 7) is 7.04. The van der Waals surface area contributed by atoms with Crippen molar-refractivity contribution in [3.8, 4) is 0 Å². The first-order valence-corrected chi connectivity index (χ1v) is 17.3. The largest absolute Gasteiger partial charge is 0.0622 e. The Balaban J connectivity index is 1.28. The lowest BCUT2D eigenvalue weighted by Crippen LogP contribution is -2.10. The van der Waals surface area contributed by atoms with Gasteiger partial charge in [-0.1, -0.05) is 136 Å². The lowest BCUT2D eigenvalue weighted by Gasteiger charge is -2.21. The highest BCUT2D eigenvalue weighted by Gasteiger charge is 2.23. The summed E-state index contributed by atoms with van der Waals surface area (Å²) in [6.07, 6.45) is 1.89. The zero-order valence-corrected chi connectivity index (χ0v) is 27.7. The molecule has 0 heteroatoms. The zero-order chi connectivity index (χ0) is 32.1. The Morgan fingerprint density at radius 2 is 0.729 bits per heavy atom. The van der Waals surface area contributed by atoms with Gasteiger partial charge in [-0.2, -0.15) is 0 Å². The average molecular weight is 613 g/mol. The molecular formula is C48H36. The van der Waals surface area contributed by atoms with Crippen molar-refractivity contribution in [2.24, 2.45) is 0 Å². The van der Waals surface area contributed by atoms with Crippen molar-refractivity contribution in [3.63, 3.8) is 0 Å². The molecule has 0 unspecified atom stereocenters. The van der Waals surface area contributed by atoms with E-state index in [0.717, 1.165) is 12.8 Å². The van der Waals surface area contributed by atoms with E-state index in [0.29, 0.717) is 0 Å². The highest BCUT2D eigenvalue weighted by atomic mass is 14.3. The Hall–Kier alpha value is -5.46. The highest BCUT2D eigenvalue weighted by Crippen LogP contribution is 2.48. The van der Waals surface area contributed by atoms with E-state index in [1.54, 1.807) is 0 Å². The normalized spacial score (nSPS) is 12.6. The maximum Gasteiger partial charge on any atom is -0.00197 e. The van der Waals surface area contributed by atoms with Crippen LogP contribution in [0.4, 0.5) is 0 Å². The van der Waals surface area contributed by atoms with Crippen molar-refractivity contribution < 1.29 is 0 Å². The van der Waals surface area contributed by atoms with Gasteiger partial charge >= 0.3 is 0 Å². The minimum Gasteiger partial charge on any atom is -0.0622 e. The van der Waals surface area contributed by atoms with Crippen molar-refractivity contribution in [1.29, 1.82) is 0 Å². The van der Waals surface area contributed by atoms with Gasteiger partial charge in [0, 0.05) is 0 Å². The van der Waals surface area contributed by atoms with Gasteiger partial charge in [-0.3, -0.25) is 0 Å². The van der Waals surface area contributed by atoms with Crippen molar-refractivity contribution in [1.82, 2.24) is 0 Å². The predicted octanol–water partition coefficient (Wildman–Crippen LogP) is 13.1. The van der Waals surface area contributed by atoms with Crippen LogP contribution in [0.5, 0.6) is 0 Å². The third-order valence-electron chi connectivity index (χ3n) is 10.9. The summed E-state index contributed by atoms with van der Waals surface area (Å²) in [7, 11) is 0. The minimum atomic E-state index is 0.0278. The summed E-state index contributed by atoms with van der Waals surface area (Å²) in [5.74, 6) is 0.